The smallest absolute Gasteiger partial charge is 0.241 e. The molecule has 1 aliphatic heterocycles. The molecule has 1 aliphatic carbocycles. The van der Waals surface area contributed by atoms with E-state index in [-0.39, 0.29) is 16.8 Å². The molecule has 28 heavy (non-hydrogen) atoms. The van der Waals surface area contributed by atoms with Gasteiger partial charge in [-0.2, -0.15) is 0 Å². The molecule has 0 aromatic heterocycles. The van der Waals surface area contributed by atoms with Crippen LogP contribution in [0.25, 0.3) is 0 Å². The number of sulfonamides is 1. The lowest BCUT2D eigenvalue weighted by Gasteiger charge is -2.18. The molecular weight excluding hydrogens is 372 g/mol. The fourth-order valence-corrected chi connectivity index (χ4v) is 5.51. The Morgan fingerprint density at radius 1 is 1.07 bits per heavy atom. The van der Waals surface area contributed by atoms with E-state index in [1.54, 1.807) is 23.1 Å². The normalized spacial score (nSPS) is 16.7. The van der Waals surface area contributed by atoms with Gasteiger partial charge in [-0.15, -0.1) is 0 Å². The molecule has 2 aromatic carbocycles. The molecule has 0 saturated carbocycles. The number of nitrogens with zero attached hydrogens (tertiary/aromatic N) is 1. The number of carbonyl (C=O) groups excluding carboxylic acids is 1. The second-order valence-electron chi connectivity index (χ2n) is 7.66. The zero-order valence-electron chi connectivity index (χ0n) is 16.4. The van der Waals surface area contributed by atoms with E-state index in [1.165, 1.54) is 17.5 Å². The molecule has 0 radical (unpaired) electrons. The van der Waals surface area contributed by atoms with E-state index in [9.17, 15) is 13.2 Å². The van der Waals surface area contributed by atoms with Crippen LogP contribution < -0.4 is 9.62 Å². The lowest BCUT2D eigenvalue weighted by Crippen LogP contribution is -2.28. The SMILES string of the molecule is CCC(=O)N1CCc2cc(S(=O)(=O)N[C@@H](C)c3ccc4c(c3)CCC4)ccc21. The molecule has 0 bridgehead atoms. The summed E-state index contributed by atoms with van der Waals surface area (Å²) in [5, 5.41) is 0. The van der Waals surface area contributed by atoms with Gasteiger partial charge >= 0.3 is 0 Å². The highest BCUT2D eigenvalue weighted by Crippen LogP contribution is 2.31. The van der Waals surface area contributed by atoms with Gasteiger partial charge in [0, 0.05) is 24.7 Å². The zero-order chi connectivity index (χ0) is 19.9. The number of carbonyl (C=O) groups is 1. The van der Waals surface area contributed by atoms with Gasteiger partial charge in [-0.3, -0.25) is 4.79 Å². The number of rotatable bonds is 5. The minimum Gasteiger partial charge on any atom is -0.312 e. The topological polar surface area (TPSA) is 66.5 Å². The molecule has 6 heteroatoms. The molecule has 1 N–H and O–H groups in total. The van der Waals surface area contributed by atoms with Crippen LogP contribution in [-0.2, 0) is 34.1 Å². The summed E-state index contributed by atoms with van der Waals surface area (Å²) in [5.41, 5.74) is 5.45. The summed E-state index contributed by atoms with van der Waals surface area (Å²) in [4.78, 5) is 14.0. The van der Waals surface area contributed by atoms with E-state index in [1.807, 2.05) is 19.9 Å². The van der Waals surface area contributed by atoms with Gasteiger partial charge in [0.1, 0.15) is 0 Å². The zero-order valence-corrected chi connectivity index (χ0v) is 17.2. The first-order valence-corrected chi connectivity index (χ1v) is 11.4. The molecular formula is C22H26N2O3S. The van der Waals surface area contributed by atoms with Crippen LogP contribution >= 0.6 is 0 Å². The Morgan fingerprint density at radius 2 is 1.86 bits per heavy atom. The van der Waals surface area contributed by atoms with Crippen LogP contribution in [0.2, 0.25) is 0 Å². The maximum absolute atomic E-state index is 12.9. The summed E-state index contributed by atoms with van der Waals surface area (Å²) in [6.45, 7) is 4.33. The molecule has 1 atom stereocenters. The van der Waals surface area contributed by atoms with Gasteiger partial charge < -0.3 is 4.90 Å². The first-order valence-electron chi connectivity index (χ1n) is 9.96. The van der Waals surface area contributed by atoms with Crippen LogP contribution in [0.15, 0.2) is 41.3 Å². The third-order valence-corrected chi connectivity index (χ3v) is 7.35. The maximum atomic E-state index is 12.9. The average Bonchev–Trinajstić information content (AvgIpc) is 3.32. The number of benzene rings is 2. The van der Waals surface area contributed by atoms with Crippen LogP contribution in [0.4, 0.5) is 5.69 Å². The second kappa shape index (κ2) is 7.33. The van der Waals surface area contributed by atoms with Crippen molar-refractivity contribution in [2.45, 2.75) is 56.9 Å². The van der Waals surface area contributed by atoms with E-state index < -0.39 is 10.0 Å². The van der Waals surface area contributed by atoms with Crippen molar-refractivity contribution in [3.63, 3.8) is 0 Å². The Hall–Kier alpha value is -2.18. The van der Waals surface area contributed by atoms with Crippen LogP contribution in [0.3, 0.4) is 0 Å². The molecule has 148 valence electrons. The fourth-order valence-electron chi connectivity index (χ4n) is 4.23. The molecule has 0 spiro atoms. The second-order valence-corrected chi connectivity index (χ2v) is 9.38. The van der Waals surface area contributed by atoms with Crippen molar-refractivity contribution in [3.8, 4) is 0 Å². The van der Waals surface area contributed by atoms with E-state index >= 15 is 0 Å². The third kappa shape index (κ3) is 3.47. The van der Waals surface area contributed by atoms with Crippen LogP contribution in [-0.4, -0.2) is 20.9 Å². The van der Waals surface area contributed by atoms with E-state index in [0.717, 1.165) is 29.7 Å². The highest BCUT2D eigenvalue weighted by atomic mass is 32.2. The highest BCUT2D eigenvalue weighted by molar-refractivity contribution is 7.89. The summed E-state index contributed by atoms with van der Waals surface area (Å²) in [7, 11) is -3.64. The Labute approximate surface area is 166 Å². The molecule has 2 aromatic rings. The summed E-state index contributed by atoms with van der Waals surface area (Å²) in [5.74, 6) is 0.0673. The van der Waals surface area contributed by atoms with E-state index in [0.29, 0.717) is 19.4 Å². The van der Waals surface area contributed by atoms with Crippen molar-refractivity contribution in [1.82, 2.24) is 4.72 Å². The molecule has 0 unspecified atom stereocenters. The number of fused-ring (bicyclic) bond motifs is 2. The molecule has 1 heterocycles. The quantitative estimate of drug-likeness (QED) is 0.838. The number of hydrogen-bond donors (Lipinski definition) is 1. The van der Waals surface area contributed by atoms with Gasteiger partial charge in [0.05, 0.1) is 4.90 Å². The number of nitrogens with one attached hydrogen (secondary N) is 1. The van der Waals surface area contributed by atoms with Crippen molar-refractivity contribution in [2.24, 2.45) is 0 Å². The lowest BCUT2D eigenvalue weighted by atomic mass is 10.0. The minimum atomic E-state index is -3.64. The molecule has 2 aliphatic rings. The predicted octanol–water partition coefficient (Wildman–Crippen LogP) is 3.51. The van der Waals surface area contributed by atoms with Gasteiger partial charge in [-0.05, 0) is 73.1 Å². The molecule has 5 nitrogen and oxygen atoms in total. The Bertz CT molecular complexity index is 1030. The van der Waals surface area contributed by atoms with Gasteiger partial charge in [-0.1, -0.05) is 25.1 Å². The standard InChI is InChI=1S/C22H26N2O3S/c1-3-22(25)24-12-11-19-14-20(9-10-21(19)24)28(26,27)23-15(2)17-8-7-16-5-4-6-18(16)13-17/h7-10,13-15,23H,3-6,11-12H2,1-2H3/t15-/m0/s1. The van der Waals surface area contributed by atoms with Gasteiger partial charge in [0.15, 0.2) is 0 Å². The lowest BCUT2D eigenvalue weighted by molar-refractivity contribution is -0.118. The van der Waals surface area contributed by atoms with Crippen molar-refractivity contribution >= 4 is 21.6 Å². The largest absolute Gasteiger partial charge is 0.312 e. The molecule has 4 rings (SSSR count). The summed E-state index contributed by atoms with van der Waals surface area (Å²) in [6, 6.07) is 11.0. The highest BCUT2D eigenvalue weighted by Gasteiger charge is 2.26. The Morgan fingerprint density at radius 3 is 2.64 bits per heavy atom. The first-order chi connectivity index (χ1) is 13.4. The molecule has 0 fully saturated rings. The van der Waals surface area contributed by atoms with Crippen molar-refractivity contribution in [3.05, 3.63) is 58.7 Å². The number of anilines is 1. The monoisotopic (exact) mass is 398 g/mol. The Kier molecular flexibility index (Phi) is 5.02. The third-order valence-electron chi connectivity index (χ3n) is 5.81. The summed E-state index contributed by atoms with van der Waals surface area (Å²) in [6.07, 6.45) is 4.48. The average molecular weight is 399 g/mol. The van der Waals surface area contributed by atoms with Crippen LogP contribution in [0.5, 0.6) is 0 Å². The number of aryl methyl sites for hydroxylation is 2. The van der Waals surface area contributed by atoms with Crippen molar-refractivity contribution in [1.29, 1.82) is 0 Å². The van der Waals surface area contributed by atoms with Crippen LogP contribution in [0.1, 0.15) is 55.0 Å². The van der Waals surface area contributed by atoms with Crippen molar-refractivity contribution in [2.75, 3.05) is 11.4 Å². The summed E-state index contributed by atoms with van der Waals surface area (Å²) >= 11 is 0. The molecule has 1 amide bonds. The summed E-state index contributed by atoms with van der Waals surface area (Å²) < 4.78 is 28.7. The maximum Gasteiger partial charge on any atom is 0.241 e. The van der Waals surface area contributed by atoms with Gasteiger partial charge in [-0.25, -0.2) is 13.1 Å². The fraction of sp³-hybridized carbons (Fsp3) is 0.409. The first kappa shape index (κ1) is 19.2. The minimum absolute atomic E-state index is 0.0673. The van der Waals surface area contributed by atoms with Gasteiger partial charge in [0.2, 0.25) is 15.9 Å². The molecule has 0 saturated heterocycles. The van der Waals surface area contributed by atoms with Crippen molar-refractivity contribution < 1.29 is 13.2 Å². The van der Waals surface area contributed by atoms with Gasteiger partial charge in [0.25, 0.3) is 0 Å². The number of hydrogen-bond acceptors (Lipinski definition) is 3. The predicted molar refractivity (Wildman–Crippen MR) is 110 cm³/mol. The van der Waals surface area contributed by atoms with E-state index in [2.05, 4.69) is 16.9 Å². The van der Waals surface area contributed by atoms with E-state index in [4.69, 9.17) is 0 Å². The number of amides is 1. The van der Waals surface area contributed by atoms with Crippen LogP contribution in [0, 0.1) is 0 Å². The Balaban J connectivity index is 1.55.